The van der Waals surface area contributed by atoms with Crippen molar-refractivity contribution in [3.63, 3.8) is 0 Å². The van der Waals surface area contributed by atoms with E-state index in [4.69, 9.17) is 9.47 Å². The minimum atomic E-state index is -1.27. The van der Waals surface area contributed by atoms with Crippen LogP contribution in [-0.4, -0.2) is 39.2 Å². The van der Waals surface area contributed by atoms with Crippen LogP contribution in [0.15, 0.2) is 29.2 Å². The number of aliphatic hydroxyl groups excluding tert-OH is 1. The van der Waals surface area contributed by atoms with Crippen LogP contribution < -0.4 is 0 Å². The third-order valence-corrected chi connectivity index (χ3v) is 5.72. The monoisotopic (exact) mass is 282 g/mol. The molecule has 2 aliphatic rings. The number of aryl methyl sites for hydroxylation is 1. The zero-order valence-electron chi connectivity index (χ0n) is 11.0. The summed E-state index contributed by atoms with van der Waals surface area (Å²) in [7, 11) is -1.27. The van der Waals surface area contributed by atoms with Gasteiger partial charge >= 0.3 is 0 Å². The minimum Gasteiger partial charge on any atom is -0.394 e. The normalized spacial score (nSPS) is 37.9. The second-order valence-electron chi connectivity index (χ2n) is 5.10. The number of fused-ring (bicyclic) bond motifs is 1. The molecule has 0 radical (unpaired) electrons. The molecule has 19 heavy (non-hydrogen) atoms. The Morgan fingerprint density at radius 1 is 1.37 bits per heavy atom. The van der Waals surface area contributed by atoms with Crippen LogP contribution in [0.3, 0.4) is 0 Å². The summed E-state index contributed by atoms with van der Waals surface area (Å²) in [5.41, 5.74) is 1.13. The molecule has 1 aromatic carbocycles. The summed E-state index contributed by atoms with van der Waals surface area (Å²) in [6, 6.07) is 7.64. The maximum absolute atomic E-state index is 12.8. The largest absolute Gasteiger partial charge is 0.394 e. The minimum absolute atomic E-state index is 0.0893. The van der Waals surface area contributed by atoms with Gasteiger partial charge < -0.3 is 14.6 Å². The fourth-order valence-corrected chi connectivity index (χ4v) is 4.54. The predicted molar refractivity (Wildman–Crippen MR) is 71.2 cm³/mol. The standard InChI is InChI=1S/C14H18O4S/c1-3-12-14(13(18-14)11(8-15)17-12)19(16)10-6-4-9(2)5-7-10/h4-7,11-13,15H,3,8H2,1-2H3/t11-,12+,13-,14-,19+/m1/s1. The van der Waals surface area contributed by atoms with Gasteiger partial charge in [0.1, 0.15) is 18.3 Å². The van der Waals surface area contributed by atoms with E-state index in [1.54, 1.807) is 0 Å². The summed E-state index contributed by atoms with van der Waals surface area (Å²) in [6.45, 7) is 3.89. The highest BCUT2D eigenvalue weighted by Gasteiger charge is 2.74. The zero-order valence-corrected chi connectivity index (χ0v) is 11.9. The van der Waals surface area contributed by atoms with E-state index in [0.29, 0.717) is 0 Å². The van der Waals surface area contributed by atoms with E-state index in [2.05, 4.69) is 0 Å². The smallest absolute Gasteiger partial charge is 0.202 e. The van der Waals surface area contributed by atoms with Crippen LogP contribution in [0, 0.1) is 6.92 Å². The van der Waals surface area contributed by atoms with E-state index in [-0.39, 0.29) is 24.9 Å². The maximum Gasteiger partial charge on any atom is 0.202 e. The molecule has 3 rings (SSSR count). The van der Waals surface area contributed by atoms with Crippen LogP contribution in [0.5, 0.6) is 0 Å². The molecule has 2 heterocycles. The Kier molecular flexibility index (Phi) is 3.25. The SMILES string of the molecule is CC[C@@H]1O[C@H](CO)[C@H]2O[C@@]12[S@@](=O)c1ccc(C)cc1. The predicted octanol–water partition coefficient (Wildman–Crippen LogP) is 1.37. The molecule has 5 heteroatoms. The molecule has 1 N–H and O–H groups in total. The summed E-state index contributed by atoms with van der Waals surface area (Å²) in [6.07, 6.45) is -0.0781. The number of hydrogen-bond donors (Lipinski definition) is 1. The van der Waals surface area contributed by atoms with Crippen molar-refractivity contribution in [2.75, 3.05) is 6.61 Å². The molecular formula is C14H18O4S. The maximum atomic E-state index is 12.8. The number of hydrogen-bond acceptors (Lipinski definition) is 4. The zero-order chi connectivity index (χ0) is 13.6. The van der Waals surface area contributed by atoms with Crippen molar-refractivity contribution in [3.8, 4) is 0 Å². The average molecular weight is 282 g/mol. The summed E-state index contributed by atoms with van der Waals surface area (Å²) in [5.74, 6) is 0. The molecule has 0 aliphatic carbocycles. The molecule has 5 atom stereocenters. The van der Waals surface area contributed by atoms with Gasteiger partial charge in [0.25, 0.3) is 0 Å². The first-order chi connectivity index (χ1) is 9.13. The van der Waals surface area contributed by atoms with E-state index in [1.165, 1.54) is 0 Å². The van der Waals surface area contributed by atoms with Crippen molar-refractivity contribution in [3.05, 3.63) is 29.8 Å². The van der Waals surface area contributed by atoms with Crippen molar-refractivity contribution in [1.29, 1.82) is 0 Å². The van der Waals surface area contributed by atoms with E-state index >= 15 is 0 Å². The van der Waals surface area contributed by atoms with Gasteiger partial charge in [0, 0.05) is 4.90 Å². The number of ether oxygens (including phenoxy) is 2. The van der Waals surface area contributed by atoms with E-state index in [0.717, 1.165) is 16.9 Å². The number of benzene rings is 1. The Balaban J connectivity index is 1.89. The molecule has 0 bridgehead atoms. The molecule has 4 nitrogen and oxygen atoms in total. The molecule has 0 saturated carbocycles. The van der Waals surface area contributed by atoms with Gasteiger partial charge in [-0.05, 0) is 25.5 Å². The van der Waals surface area contributed by atoms with Crippen LogP contribution in [0.4, 0.5) is 0 Å². The summed E-state index contributed by atoms with van der Waals surface area (Å²) in [5, 5.41) is 9.28. The Labute approximate surface area is 115 Å². The fourth-order valence-electron chi connectivity index (χ4n) is 2.77. The van der Waals surface area contributed by atoms with Crippen LogP contribution >= 0.6 is 0 Å². The van der Waals surface area contributed by atoms with Crippen LogP contribution in [0.2, 0.25) is 0 Å². The molecule has 104 valence electrons. The quantitative estimate of drug-likeness (QED) is 0.847. The number of rotatable bonds is 4. The first-order valence-corrected chi connectivity index (χ1v) is 7.71. The topological polar surface area (TPSA) is 59.1 Å². The fraction of sp³-hybridized carbons (Fsp3) is 0.571. The van der Waals surface area contributed by atoms with Crippen LogP contribution in [0.1, 0.15) is 18.9 Å². The number of aliphatic hydroxyl groups is 1. The molecule has 0 spiro atoms. The van der Waals surface area contributed by atoms with Crippen molar-refractivity contribution in [2.45, 2.75) is 48.4 Å². The highest BCUT2D eigenvalue weighted by molar-refractivity contribution is 7.86. The van der Waals surface area contributed by atoms with Crippen LogP contribution in [-0.2, 0) is 20.3 Å². The lowest BCUT2D eigenvalue weighted by Crippen LogP contribution is -2.32. The van der Waals surface area contributed by atoms with Gasteiger partial charge in [-0.1, -0.05) is 24.6 Å². The highest BCUT2D eigenvalue weighted by Crippen LogP contribution is 2.54. The van der Waals surface area contributed by atoms with Crippen molar-refractivity contribution < 1.29 is 18.8 Å². The van der Waals surface area contributed by atoms with Gasteiger partial charge in [-0.25, -0.2) is 0 Å². The Morgan fingerprint density at radius 2 is 2.05 bits per heavy atom. The van der Waals surface area contributed by atoms with E-state index < -0.39 is 15.7 Å². The van der Waals surface area contributed by atoms with Gasteiger partial charge in [-0.3, -0.25) is 4.21 Å². The molecule has 0 aromatic heterocycles. The molecule has 0 amide bonds. The molecule has 2 saturated heterocycles. The Bertz CT molecular complexity index is 501. The van der Waals surface area contributed by atoms with Crippen molar-refractivity contribution >= 4 is 10.8 Å². The highest BCUT2D eigenvalue weighted by atomic mass is 32.2. The van der Waals surface area contributed by atoms with Crippen molar-refractivity contribution in [2.24, 2.45) is 0 Å². The molecular weight excluding hydrogens is 264 g/mol. The first-order valence-electron chi connectivity index (χ1n) is 6.56. The Hall–Kier alpha value is -0.750. The van der Waals surface area contributed by atoms with Crippen molar-refractivity contribution in [1.82, 2.24) is 0 Å². The van der Waals surface area contributed by atoms with Gasteiger partial charge in [0.2, 0.25) is 4.93 Å². The average Bonchev–Trinajstić information content (AvgIpc) is 3.10. The van der Waals surface area contributed by atoms with Crippen LogP contribution in [0.25, 0.3) is 0 Å². The summed E-state index contributed by atoms with van der Waals surface area (Å²) in [4.78, 5) is 0.00552. The second-order valence-corrected chi connectivity index (χ2v) is 6.74. The van der Waals surface area contributed by atoms with Gasteiger partial charge in [-0.2, -0.15) is 0 Å². The lowest BCUT2D eigenvalue weighted by atomic mass is 10.1. The summed E-state index contributed by atoms with van der Waals surface area (Å²) < 4.78 is 24.2. The van der Waals surface area contributed by atoms with E-state index in [1.807, 2.05) is 38.1 Å². The lowest BCUT2D eigenvalue weighted by Gasteiger charge is -2.19. The van der Waals surface area contributed by atoms with Gasteiger partial charge in [-0.15, -0.1) is 0 Å². The number of epoxide rings is 1. The lowest BCUT2D eigenvalue weighted by molar-refractivity contribution is -0.0575. The third-order valence-electron chi connectivity index (χ3n) is 3.85. The molecule has 0 unspecified atom stereocenters. The second kappa shape index (κ2) is 4.66. The third kappa shape index (κ3) is 1.88. The molecule has 2 fully saturated rings. The molecule has 2 aliphatic heterocycles. The first kappa shape index (κ1) is 13.2. The summed E-state index contributed by atoms with van der Waals surface area (Å²) >= 11 is 0. The Morgan fingerprint density at radius 3 is 2.63 bits per heavy atom. The molecule has 1 aromatic rings. The van der Waals surface area contributed by atoms with Gasteiger partial charge in [0.15, 0.2) is 0 Å². The van der Waals surface area contributed by atoms with Gasteiger partial charge in [0.05, 0.1) is 17.4 Å². The van der Waals surface area contributed by atoms with E-state index in [9.17, 15) is 9.32 Å².